The van der Waals surface area contributed by atoms with E-state index in [1.54, 1.807) is 23.9 Å². The van der Waals surface area contributed by atoms with Crippen molar-refractivity contribution in [2.24, 2.45) is 0 Å². The minimum atomic E-state index is 0.504. The first kappa shape index (κ1) is 10.4. The van der Waals surface area contributed by atoms with Gasteiger partial charge in [-0.05, 0) is 6.07 Å². The summed E-state index contributed by atoms with van der Waals surface area (Å²) < 4.78 is 5.03. The van der Waals surface area contributed by atoms with E-state index in [4.69, 9.17) is 4.42 Å². The molecule has 0 aliphatic rings. The molecule has 2 aromatic heterocycles. The molecule has 2 heterocycles. The molecule has 0 amide bonds. The standard InChI is InChI=1S/C11H14N2OS/c1-8(2)12-5-10-6-13-11(15-10)9-3-4-14-7-9/h3-4,6-8,12H,5H2,1-2H3. The van der Waals surface area contributed by atoms with Gasteiger partial charge in [-0.3, -0.25) is 0 Å². The Labute approximate surface area is 93.2 Å². The molecule has 15 heavy (non-hydrogen) atoms. The van der Waals surface area contributed by atoms with E-state index in [1.165, 1.54) is 4.88 Å². The van der Waals surface area contributed by atoms with Crippen molar-refractivity contribution in [2.45, 2.75) is 26.4 Å². The lowest BCUT2D eigenvalue weighted by Crippen LogP contribution is -2.21. The van der Waals surface area contributed by atoms with Crippen LogP contribution in [-0.4, -0.2) is 11.0 Å². The van der Waals surface area contributed by atoms with Gasteiger partial charge in [-0.2, -0.15) is 0 Å². The lowest BCUT2D eigenvalue weighted by molar-refractivity contribution is 0.568. The van der Waals surface area contributed by atoms with E-state index in [0.29, 0.717) is 6.04 Å². The van der Waals surface area contributed by atoms with E-state index in [2.05, 4.69) is 24.1 Å². The Balaban J connectivity index is 2.04. The Morgan fingerprint density at radius 1 is 1.53 bits per heavy atom. The zero-order chi connectivity index (χ0) is 10.7. The summed E-state index contributed by atoms with van der Waals surface area (Å²) in [6, 6.07) is 2.43. The van der Waals surface area contributed by atoms with Crippen molar-refractivity contribution in [1.29, 1.82) is 0 Å². The highest BCUT2D eigenvalue weighted by Crippen LogP contribution is 2.25. The van der Waals surface area contributed by atoms with Crippen LogP contribution in [0, 0.1) is 0 Å². The summed E-state index contributed by atoms with van der Waals surface area (Å²) in [5.74, 6) is 0. The fourth-order valence-corrected chi connectivity index (χ4v) is 2.06. The van der Waals surface area contributed by atoms with Gasteiger partial charge in [0.2, 0.25) is 0 Å². The molecule has 1 N–H and O–H groups in total. The number of nitrogens with zero attached hydrogens (tertiary/aromatic N) is 1. The van der Waals surface area contributed by atoms with Crippen LogP contribution in [0.5, 0.6) is 0 Å². The molecule has 2 aromatic rings. The maximum atomic E-state index is 5.03. The minimum absolute atomic E-state index is 0.504. The number of nitrogens with one attached hydrogen (secondary N) is 1. The summed E-state index contributed by atoms with van der Waals surface area (Å²) in [5.41, 5.74) is 1.05. The molecule has 0 saturated carbocycles. The number of thiazole rings is 1. The Morgan fingerprint density at radius 2 is 2.40 bits per heavy atom. The van der Waals surface area contributed by atoms with Crippen molar-refractivity contribution < 1.29 is 4.42 Å². The summed E-state index contributed by atoms with van der Waals surface area (Å²) in [6.07, 6.45) is 5.31. The van der Waals surface area contributed by atoms with Gasteiger partial charge in [0.1, 0.15) is 11.3 Å². The van der Waals surface area contributed by atoms with Gasteiger partial charge in [-0.25, -0.2) is 4.98 Å². The summed E-state index contributed by atoms with van der Waals surface area (Å²) in [7, 11) is 0. The van der Waals surface area contributed by atoms with E-state index < -0.39 is 0 Å². The van der Waals surface area contributed by atoms with Crippen LogP contribution < -0.4 is 5.32 Å². The van der Waals surface area contributed by atoms with Crippen LogP contribution >= 0.6 is 11.3 Å². The summed E-state index contributed by atoms with van der Waals surface area (Å²) in [5, 5.41) is 4.39. The van der Waals surface area contributed by atoms with Gasteiger partial charge in [0.05, 0.1) is 6.26 Å². The SMILES string of the molecule is CC(C)NCc1cnc(-c2ccoc2)s1. The monoisotopic (exact) mass is 222 g/mol. The zero-order valence-electron chi connectivity index (χ0n) is 8.86. The first-order valence-corrected chi connectivity index (χ1v) is 5.78. The van der Waals surface area contributed by atoms with Crippen LogP contribution in [0.3, 0.4) is 0 Å². The summed E-state index contributed by atoms with van der Waals surface area (Å²) in [4.78, 5) is 5.61. The molecule has 0 fully saturated rings. The highest BCUT2D eigenvalue weighted by atomic mass is 32.1. The van der Waals surface area contributed by atoms with Crippen LogP contribution in [0.4, 0.5) is 0 Å². The largest absolute Gasteiger partial charge is 0.472 e. The molecule has 0 aliphatic carbocycles. The van der Waals surface area contributed by atoms with Crippen molar-refractivity contribution >= 4 is 11.3 Å². The molecule has 2 rings (SSSR count). The van der Waals surface area contributed by atoms with E-state index in [9.17, 15) is 0 Å². The second-order valence-electron chi connectivity index (χ2n) is 3.68. The topological polar surface area (TPSA) is 38.1 Å². The fourth-order valence-electron chi connectivity index (χ4n) is 1.21. The third-order valence-electron chi connectivity index (χ3n) is 2.01. The molecule has 4 heteroatoms. The van der Waals surface area contributed by atoms with E-state index in [1.807, 2.05) is 12.3 Å². The maximum Gasteiger partial charge on any atom is 0.126 e. The normalized spacial score (nSPS) is 11.1. The number of hydrogen-bond donors (Lipinski definition) is 1. The molecular weight excluding hydrogens is 208 g/mol. The van der Waals surface area contributed by atoms with Gasteiger partial charge in [-0.15, -0.1) is 11.3 Å². The lowest BCUT2D eigenvalue weighted by atomic mass is 10.4. The average molecular weight is 222 g/mol. The van der Waals surface area contributed by atoms with Crippen molar-refractivity contribution in [3.63, 3.8) is 0 Å². The predicted molar refractivity (Wildman–Crippen MR) is 61.8 cm³/mol. The first-order chi connectivity index (χ1) is 7.25. The number of aromatic nitrogens is 1. The molecule has 0 aliphatic heterocycles. The lowest BCUT2D eigenvalue weighted by Gasteiger charge is -2.04. The Hall–Kier alpha value is -1.13. The van der Waals surface area contributed by atoms with Crippen molar-refractivity contribution in [1.82, 2.24) is 10.3 Å². The Bertz CT molecular complexity index is 406. The quantitative estimate of drug-likeness (QED) is 0.864. The number of furan rings is 1. The molecule has 0 saturated heterocycles. The van der Waals surface area contributed by atoms with Crippen molar-refractivity contribution in [3.8, 4) is 10.6 Å². The average Bonchev–Trinajstić information content (AvgIpc) is 2.85. The Kier molecular flexibility index (Phi) is 3.18. The second kappa shape index (κ2) is 4.59. The van der Waals surface area contributed by atoms with Crippen LogP contribution in [0.1, 0.15) is 18.7 Å². The zero-order valence-corrected chi connectivity index (χ0v) is 9.67. The predicted octanol–water partition coefficient (Wildman–Crippen LogP) is 2.90. The minimum Gasteiger partial charge on any atom is -0.472 e. The molecule has 0 radical (unpaired) electrons. The van der Waals surface area contributed by atoms with Crippen LogP contribution in [0.25, 0.3) is 10.6 Å². The third kappa shape index (κ3) is 2.67. The molecule has 80 valence electrons. The molecule has 0 unspecified atom stereocenters. The number of hydrogen-bond acceptors (Lipinski definition) is 4. The van der Waals surface area contributed by atoms with E-state index in [-0.39, 0.29) is 0 Å². The molecule has 3 nitrogen and oxygen atoms in total. The highest BCUT2D eigenvalue weighted by Gasteiger charge is 2.05. The molecule has 0 bridgehead atoms. The third-order valence-corrected chi connectivity index (χ3v) is 3.05. The fraction of sp³-hybridized carbons (Fsp3) is 0.364. The van der Waals surface area contributed by atoms with E-state index in [0.717, 1.165) is 17.1 Å². The van der Waals surface area contributed by atoms with Crippen LogP contribution in [0.15, 0.2) is 29.2 Å². The highest BCUT2D eigenvalue weighted by molar-refractivity contribution is 7.15. The van der Waals surface area contributed by atoms with Gasteiger partial charge in [0.25, 0.3) is 0 Å². The second-order valence-corrected chi connectivity index (χ2v) is 4.79. The van der Waals surface area contributed by atoms with Gasteiger partial charge in [-0.1, -0.05) is 13.8 Å². The molecular formula is C11H14N2OS. The molecule has 0 aromatic carbocycles. The molecule has 0 spiro atoms. The summed E-state index contributed by atoms with van der Waals surface area (Å²) >= 11 is 1.70. The van der Waals surface area contributed by atoms with Crippen molar-refractivity contribution in [2.75, 3.05) is 0 Å². The van der Waals surface area contributed by atoms with Crippen molar-refractivity contribution in [3.05, 3.63) is 29.7 Å². The van der Waals surface area contributed by atoms with Gasteiger partial charge < -0.3 is 9.73 Å². The first-order valence-electron chi connectivity index (χ1n) is 4.96. The van der Waals surface area contributed by atoms with Gasteiger partial charge in [0.15, 0.2) is 0 Å². The maximum absolute atomic E-state index is 5.03. The summed E-state index contributed by atoms with van der Waals surface area (Å²) in [6.45, 7) is 5.16. The van der Waals surface area contributed by atoms with E-state index >= 15 is 0 Å². The molecule has 0 atom stereocenters. The Morgan fingerprint density at radius 3 is 3.07 bits per heavy atom. The van der Waals surface area contributed by atoms with Crippen LogP contribution in [0.2, 0.25) is 0 Å². The van der Waals surface area contributed by atoms with Crippen LogP contribution in [-0.2, 0) is 6.54 Å². The van der Waals surface area contributed by atoms with Gasteiger partial charge in [0, 0.05) is 29.2 Å². The smallest absolute Gasteiger partial charge is 0.126 e. The van der Waals surface area contributed by atoms with Gasteiger partial charge >= 0.3 is 0 Å². The number of rotatable bonds is 4.